The van der Waals surface area contributed by atoms with Crippen LogP contribution in [-0.2, 0) is 6.42 Å². The van der Waals surface area contributed by atoms with Crippen LogP contribution < -0.4 is 15.0 Å². The van der Waals surface area contributed by atoms with Gasteiger partial charge in [0.2, 0.25) is 0 Å². The van der Waals surface area contributed by atoms with Gasteiger partial charge < -0.3 is 20.1 Å². The molecule has 0 radical (unpaired) electrons. The average molecular weight is 348 g/mol. The van der Waals surface area contributed by atoms with E-state index in [-0.39, 0.29) is 0 Å². The zero-order valence-electron chi connectivity index (χ0n) is 15.6. The van der Waals surface area contributed by atoms with E-state index in [4.69, 9.17) is 10.00 Å². The molecule has 1 atom stereocenters. The van der Waals surface area contributed by atoms with Crippen LogP contribution in [0, 0.1) is 11.3 Å². The molecule has 1 aliphatic carbocycles. The van der Waals surface area contributed by atoms with Crippen LogP contribution >= 0.6 is 0 Å². The zero-order chi connectivity index (χ0) is 18.1. The minimum Gasteiger partial charge on any atom is -0.491 e. The molecule has 4 N–H and O–H groups in total. The number of likely N-dealkylation sites (N-methyl/N-ethyl adjacent to an activating group) is 1. The Kier molecular flexibility index (Phi) is 7.70. The van der Waals surface area contributed by atoms with Gasteiger partial charge in [0.1, 0.15) is 37.1 Å². The van der Waals surface area contributed by atoms with Gasteiger partial charge in [0, 0.05) is 12.8 Å². The van der Waals surface area contributed by atoms with Crippen molar-refractivity contribution in [1.82, 2.24) is 0 Å². The number of nitrogens with two attached hydrogens (primary N) is 1. The summed E-state index contributed by atoms with van der Waals surface area (Å²) in [6.07, 6.45) is 6.52. The van der Waals surface area contributed by atoms with Crippen LogP contribution in [0.25, 0.3) is 0 Å². The summed E-state index contributed by atoms with van der Waals surface area (Å²) in [6.45, 7) is 2.03. The summed E-state index contributed by atoms with van der Waals surface area (Å²) < 4.78 is 5.66. The van der Waals surface area contributed by atoms with Gasteiger partial charge in [-0.25, -0.2) is 0 Å². The fraction of sp³-hybridized carbons (Fsp3) is 0.650. The Morgan fingerprint density at radius 3 is 2.52 bits per heavy atom. The lowest BCUT2D eigenvalue weighted by atomic mass is 9.80. The first-order valence-electron chi connectivity index (χ1n) is 9.45. The lowest BCUT2D eigenvalue weighted by Crippen LogP contribution is -3.19. The van der Waals surface area contributed by atoms with E-state index in [0.29, 0.717) is 25.1 Å². The van der Waals surface area contributed by atoms with Gasteiger partial charge in [-0.2, -0.15) is 5.26 Å². The largest absolute Gasteiger partial charge is 0.491 e. The summed E-state index contributed by atoms with van der Waals surface area (Å²) in [5.74, 6) is 0.738. The van der Waals surface area contributed by atoms with Crippen molar-refractivity contribution in [2.45, 2.75) is 50.2 Å². The number of nitriles is 1. The van der Waals surface area contributed by atoms with Crippen LogP contribution in [-0.4, -0.2) is 50.5 Å². The van der Waals surface area contributed by atoms with Crippen molar-refractivity contribution in [2.24, 2.45) is 0 Å². The Morgan fingerprint density at radius 1 is 1.24 bits per heavy atom. The van der Waals surface area contributed by atoms with Gasteiger partial charge in [-0.3, -0.25) is 0 Å². The molecule has 0 unspecified atom stereocenters. The maximum absolute atomic E-state index is 10.2. The minimum absolute atomic E-state index is 0.302. The second kappa shape index (κ2) is 9.76. The highest BCUT2D eigenvalue weighted by Gasteiger charge is 2.39. The maximum Gasteiger partial charge on any atom is 0.146 e. The Hall–Kier alpha value is -1.61. The molecule has 25 heavy (non-hydrogen) atoms. The van der Waals surface area contributed by atoms with Crippen LogP contribution in [0.4, 0.5) is 0 Å². The number of hydrogen-bond acceptors (Lipinski definition) is 3. The predicted molar refractivity (Wildman–Crippen MR) is 97.5 cm³/mol. The van der Waals surface area contributed by atoms with Gasteiger partial charge in [0.25, 0.3) is 0 Å². The average Bonchev–Trinajstić information content (AvgIpc) is 2.62. The number of benzene rings is 1. The van der Waals surface area contributed by atoms with Crippen molar-refractivity contribution in [3.05, 3.63) is 29.8 Å². The minimum atomic E-state index is -0.475. The monoisotopic (exact) mass is 347 g/mol. The predicted octanol–water partition coefficient (Wildman–Crippen LogP) is -0.0968. The molecule has 138 valence electrons. The number of aliphatic hydroxyl groups excluding tert-OH is 1. The smallest absolute Gasteiger partial charge is 0.146 e. The summed E-state index contributed by atoms with van der Waals surface area (Å²) in [4.78, 5) is 1.53. The van der Waals surface area contributed by atoms with E-state index >= 15 is 0 Å². The Labute approximate surface area is 151 Å². The third-order valence-electron chi connectivity index (χ3n) is 5.49. The van der Waals surface area contributed by atoms with Crippen molar-refractivity contribution in [3.63, 3.8) is 0 Å². The molecule has 0 aliphatic heterocycles. The SMILES string of the molecule is C[NH+](C)C1(C[NH2+]C[C@@H](O)COc2ccc(CC#N)cc2)CCCCC1. The number of aliphatic hydroxyl groups is 1. The number of ether oxygens (including phenoxy) is 1. The molecule has 0 aromatic heterocycles. The number of rotatable bonds is 9. The second-order valence-corrected chi connectivity index (χ2v) is 7.51. The molecule has 0 bridgehead atoms. The third-order valence-corrected chi connectivity index (χ3v) is 5.49. The summed E-state index contributed by atoms with van der Waals surface area (Å²) >= 11 is 0. The summed E-state index contributed by atoms with van der Waals surface area (Å²) in [5, 5.41) is 21.1. The van der Waals surface area contributed by atoms with Crippen LogP contribution in [0.3, 0.4) is 0 Å². The van der Waals surface area contributed by atoms with Gasteiger partial charge in [0.05, 0.1) is 26.6 Å². The number of nitrogens with zero attached hydrogens (tertiary/aromatic N) is 1. The van der Waals surface area contributed by atoms with Gasteiger partial charge in [-0.1, -0.05) is 18.6 Å². The van der Waals surface area contributed by atoms with E-state index in [1.807, 2.05) is 24.3 Å². The van der Waals surface area contributed by atoms with E-state index in [2.05, 4.69) is 25.5 Å². The van der Waals surface area contributed by atoms with E-state index < -0.39 is 6.10 Å². The fourth-order valence-corrected chi connectivity index (χ4v) is 3.74. The van der Waals surface area contributed by atoms with Crippen molar-refractivity contribution >= 4 is 0 Å². The van der Waals surface area contributed by atoms with E-state index in [0.717, 1.165) is 17.9 Å². The first-order valence-corrected chi connectivity index (χ1v) is 9.45. The van der Waals surface area contributed by atoms with Gasteiger partial charge in [-0.05, 0) is 30.5 Å². The highest BCUT2D eigenvalue weighted by atomic mass is 16.5. The van der Waals surface area contributed by atoms with E-state index in [9.17, 15) is 5.11 Å². The van der Waals surface area contributed by atoms with Crippen LogP contribution in [0.2, 0.25) is 0 Å². The molecule has 5 heteroatoms. The molecule has 1 aromatic carbocycles. The number of nitrogens with one attached hydrogen (secondary N) is 1. The molecule has 0 saturated heterocycles. The molecule has 2 rings (SSSR count). The summed E-state index contributed by atoms with van der Waals surface area (Å²) in [6, 6.07) is 9.63. The highest BCUT2D eigenvalue weighted by molar-refractivity contribution is 5.28. The lowest BCUT2D eigenvalue weighted by molar-refractivity contribution is -0.934. The third kappa shape index (κ3) is 6.00. The van der Waals surface area contributed by atoms with Crippen LogP contribution in [0.1, 0.15) is 37.7 Å². The van der Waals surface area contributed by atoms with Gasteiger partial charge in [-0.15, -0.1) is 0 Å². The molecular weight excluding hydrogens is 314 g/mol. The summed E-state index contributed by atoms with van der Waals surface area (Å²) in [5.41, 5.74) is 1.34. The molecule has 1 aromatic rings. The quantitative estimate of drug-likeness (QED) is 0.584. The van der Waals surface area contributed by atoms with Crippen LogP contribution in [0.5, 0.6) is 5.75 Å². The van der Waals surface area contributed by atoms with Gasteiger partial charge >= 0.3 is 0 Å². The molecule has 1 fully saturated rings. The van der Waals surface area contributed by atoms with Crippen molar-refractivity contribution < 1.29 is 20.1 Å². The van der Waals surface area contributed by atoms with E-state index in [1.54, 1.807) is 0 Å². The fourth-order valence-electron chi connectivity index (χ4n) is 3.74. The molecule has 1 aliphatic rings. The van der Waals surface area contributed by atoms with Crippen molar-refractivity contribution in [3.8, 4) is 11.8 Å². The Morgan fingerprint density at radius 2 is 1.92 bits per heavy atom. The topological polar surface area (TPSA) is 74.3 Å². The molecule has 1 saturated carbocycles. The molecule has 0 amide bonds. The summed E-state index contributed by atoms with van der Waals surface area (Å²) in [7, 11) is 4.52. The first-order chi connectivity index (χ1) is 12.1. The highest BCUT2D eigenvalue weighted by Crippen LogP contribution is 2.24. The Bertz CT molecular complexity index is 545. The zero-order valence-corrected chi connectivity index (χ0v) is 15.6. The standard InChI is InChI=1S/C20H31N3O2/c1-23(2)20(11-4-3-5-12-20)16-22-14-18(24)15-25-19-8-6-17(7-9-19)10-13-21/h6-9,18,22,24H,3-5,10-12,14-16H2,1-2H3/p+2/t18-/m1/s1. The number of quaternary nitrogens is 2. The molecule has 0 heterocycles. The number of hydrogen-bond donors (Lipinski definition) is 3. The normalized spacial score (nSPS) is 17.9. The van der Waals surface area contributed by atoms with Crippen molar-refractivity contribution in [2.75, 3.05) is 33.8 Å². The lowest BCUT2D eigenvalue weighted by Gasteiger charge is -2.38. The molecular formula is C20H33N3O2+2. The molecule has 5 nitrogen and oxygen atoms in total. The second-order valence-electron chi connectivity index (χ2n) is 7.51. The Balaban J connectivity index is 1.71. The van der Waals surface area contributed by atoms with E-state index in [1.165, 1.54) is 37.0 Å². The molecule has 0 spiro atoms. The van der Waals surface area contributed by atoms with Crippen LogP contribution in [0.15, 0.2) is 24.3 Å². The maximum atomic E-state index is 10.2. The first kappa shape index (κ1) is 19.7. The van der Waals surface area contributed by atoms with Gasteiger partial charge in [0.15, 0.2) is 0 Å². The van der Waals surface area contributed by atoms with Crippen molar-refractivity contribution in [1.29, 1.82) is 5.26 Å².